The van der Waals surface area contributed by atoms with Gasteiger partial charge in [0.15, 0.2) is 11.5 Å². The van der Waals surface area contributed by atoms with Gasteiger partial charge in [-0.3, -0.25) is 15.5 Å². The van der Waals surface area contributed by atoms with Crippen molar-refractivity contribution < 1.29 is 14.4 Å². The zero-order valence-corrected chi connectivity index (χ0v) is 16.1. The standard InChI is InChI=1S/C18H16IN3O4/c1-3-9-26-18-16(19)10-13(11-17(18)25-4-2)12-20-21-14-5-7-15(8-6-14)22(23)24/h1,5-8,10-12,21H,4,9H2,2H3/b20-12+. The van der Waals surface area contributed by atoms with Crippen LogP contribution in [0.25, 0.3) is 0 Å². The van der Waals surface area contributed by atoms with Crippen LogP contribution in [0.4, 0.5) is 11.4 Å². The molecule has 0 unspecified atom stereocenters. The van der Waals surface area contributed by atoms with E-state index < -0.39 is 4.92 Å². The second kappa shape index (κ2) is 9.62. The Morgan fingerprint density at radius 2 is 2.08 bits per heavy atom. The van der Waals surface area contributed by atoms with Crippen LogP contribution in [0.15, 0.2) is 41.5 Å². The van der Waals surface area contributed by atoms with Crippen LogP contribution in [0, 0.1) is 26.0 Å². The molecular formula is C18H16IN3O4. The predicted molar refractivity (Wildman–Crippen MR) is 109 cm³/mol. The van der Waals surface area contributed by atoms with Gasteiger partial charge in [0.25, 0.3) is 5.69 Å². The maximum Gasteiger partial charge on any atom is 0.269 e. The first-order chi connectivity index (χ1) is 12.5. The highest BCUT2D eigenvalue weighted by Crippen LogP contribution is 2.33. The molecule has 0 spiro atoms. The van der Waals surface area contributed by atoms with Crippen LogP contribution in [0.3, 0.4) is 0 Å². The molecule has 0 bridgehead atoms. The minimum absolute atomic E-state index is 0.0259. The summed E-state index contributed by atoms with van der Waals surface area (Å²) in [6.45, 7) is 2.53. The number of benzene rings is 2. The van der Waals surface area contributed by atoms with E-state index in [2.05, 4.69) is 39.0 Å². The highest BCUT2D eigenvalue weighted by Gasteiger charge is 2.11. The van der Waals surface area contributed by atoms with Gasteiger partial charge in [-0.25, -0.2) is 0 Å². The van der Waals surface area contributed by atoms with Crippen LogP contribution in [-0.4, -0.2) is 24.4 Å². The molecule has 0 radical (unpaired) electrons. The lowest BCUT2D eigenvalue weighted by molar-refractivity contribution is -0.384. The third kappa shape index (κ3) is 5.35. The third-order valence-electron chi connectivity index (χ3n) is 3.12. The van der Waals surface area contributed by atoms with Gasteiger partial charge in [-0.15, -0.1) is 6.42 Å². The van der Waals surface area contributed by atoms with E-state index in [9.17, 15) is 10.1 Å². The largest absolute Gasteiger partial charge is 0.490 e. The van der Waals surface area contributed by atoms with Crippen molar-refractivity contribution in [3.63, 3.8) is 0 Å². The van der Waals surface area contributed by atoms with Crippen molar-refractivity contribution in [2.75, 3.05) is 18.6 Å². The minimum Gasteiger partial charge on any atom is -0.490 e. The predicted octanol–water partition coefficient (Wildman–Crippen LogP) is 4.06. The zero-order valence-electron chi connectivity index (χ0n) is 13.9. The Kier molecular flexibility index (Phi) is 7.23. The Bertz CT molecular complexity index is 845. The van der Waals surface area contributed by atoms with E-state index in [0.29, 0.717) is 23.8 Å². The van der Waals surface area contributed by atoms with Crippen molar-refractivity contribution in [3.05, 3.63) is 55.6 Å². The molecule has 2 rings (SSSR count). The summed E-state index contributed by atoms with van der Waals surface area (Å²) in [6, 6.07) is 9.68. The molecule has 26 heavy (non-hydrogen) atoms. The molecule has 0 aliphatic rings. The molecule has 8 heteroatoms. The Hall–Kier alpha value is -2.80. The van der Waals surface area contributed by atoms with Crippen LogP contribution in [0.1, 0.15) is 12.5 Å². The maximum absolute atomic E-state index is 10.6. The zero-order chi connectivity index (χ0) is 18.9. The second-order valence-electron chi connectivity index (χ2n) is 4.93. The molecule has 0 fully saturated rings. The number of rotatable bonds is 8. The van der Waals surface area contributed by atoms with Gasteiger partial charge in [-0.2, -0.15) is 5.10 Å². The van der Waals surface area contributed by atoms with Gasteiger partial charge in [0.1, 0.15) is 6.61 Å². The quantitative estimate of drug-likeness (QED) is 0.209. The number of hydrogen-bond acceptors (Lipinski definition) is 6. The molecule has 0 saturated carbocycles. The number of terminal acetylenes is 1. The number of nitro benzene ring substituents is 1. The molecular weight excluding hydrogens is 449 g/mol. The number of hydrazone groups is 1. The van der Waals surface area contributed by atoms with Crippen molar-refractivity contribution in [2.45, 2.75) is 6.92 Å². The molecule has 0 aromatic heterocycles. The summed E-state index contributed by atoms with van der Waals surface area (Å²) in [4.78, 5) is 10.2. The molecule has 0 heterocycles. The molecule has 0 aliphatic carbocycles. The average Bonchev–Trinajstić information content (AvgIpc) is 2.62. The summed E-state index contributed by atoms with van der Waals surface area (Å²) < 4.78 is 12.0. The van der Waals surface area contributed by atoms with Gasteiger partial charge in [0, 0.05) is 12.1 Å². The Morgan fingerprint density at radius 3 is 2.69 bits per heavy atom. The average molecular weight is 465 g/mol. The summed E-state index contributed by atoms with van der Waals surface area (Å²) in [7, 11) is 0. The molecule has 0 atom stereocenters. The fourth-order valence-electron chi connectivity index (χ4n) is 2.02. The van der Waals surface area contributed by atoms with Crippen molar-refractivity contribution in [2.24, 2.45) is 5.10 Å². The van der Waals surface area contributed by atoms with Gasteiger partial charge in [0.05, 0.1) is 27.0 Å². The molecule has 0 amide bonds. The van der Waals surface area contributed by atoms with E-state index in [1.807, 2.05) is 13.0 Å². The van der Waals surface area contributed by atoms with Crippen LogP contribution in [-0.2, 0) is 0 Å². The molecule has 0 aliphatic heterocycles. The van der Waals surface area contributed by atoms with E-state index in [-0.39, 0.29) is 12.3 Å². The Morgan fingerprint density at radius 1 is 1.35 bits per heavy atom. The molecule has 7 nitrogen and oxygen atoms in total. The van der Waals surface area contributed by atoms with E-state index in [1.54, 1.807) is 24.4 Å². The van der Waals surface area contributed by atoms with Crippen LogP contribution in [0.2, 0.25) is 0 Å². The van der Waals surface area contributed by atoms with E-state index in [1.165, 1.54) is 12.1 Å². The van der Waals surface area contributed by atoms with Crippen LogP contribution in [0.5, 0.6) is 11.5 Å². The number of nitro groups is 1. The molecule has 134 valence electrons. The number of hydrogen-bond donors (Lipinski definition) is 1. The van der Waals surface area contributed by atoms with Crippen LogP contribution >= 0.6 is 22.6 Å². The summed E-state index contributed by atoms with van der Waals surface area (Å²) in [5.74, 6) is 3.62. The first kappa shape index (κ1) is 19.5. The minimum atomic E-state index is -0.450. The highest BCUT2D eigenvalue weighted by atomic mass is 127. The molecule has 2 aromatic rings. The van der Waals surface area contributed by atoms with E-state index in [0.717, 1.165) is 9.13 Å². The molecule has 0 saturated heterocycles. The van der Waals surface area contributed by atoms with E-state index >= 15 is 0 Å². The molecule has 2 aromatic carbocycles. The maximum atomic E-state index is 10.6. The van der Waals surface area contributed by atoms with Gasteiger partial charge >= 0.3 is 0 Å². The van der Waals surface area contributed by atoms with Crippen molar-refractivity contribution in [1.82, 2.24) is 0 Å². The normalized spacial score (nSPS) is 10.3. The first-order valence-electron chi connectivity index (χ1n) is 7.61. The second-order valence-corrected chi connectivity index (χ2v) is 6.09. The Balaban J connectivity index is 2.13. The Labute approximate surface area is 164 Å². The number of nitrogens with one attached hydrogen (secondary N) is 1. The molecule has 1 N–H and O–H groups in total. The fourth-order valence-corrected chi connectivity index (χ4v) is 2.80. The number of ether oxygens (including phenoxy) is 2. The monoisotopic (exact) mass is 465 g/mol. The highest BCUT2D eigenvalue weighted by molar-refractivity contribution is 14.1. The van der Waals surface area contributed by atoms with E-state index in [4.69, 9.17) is 15.9 Å². The lowest BCUT2D eigenvalue weighted by Crippen LogP contribution is -2.02. The number of non-ortho nitro benzene ring substituents is 1. The summed E-state index contributed by atoms with van der Waals surface area (Å²) in [5, 5.41) is 14.8. The summed E-state index contributed by atoms with van der Waals surface area (Å²) in [6.07, 6.45) is 6.86. The topological polar surface area (TPSA) is 86.0 Å². The number of halogens is 1. The van der Waals surface area contributed by atoms with Gasteiger partial charge in [-0.1, -0.05) is 5.92 Å². The number of anilines is 1. The van der Waals surface area contributed by atoms with Gasteiger partial charge in [0.2, 0.25) is 0 Å². The first-order valence-corrected chi connectivity index (χ1v) is 8.69. The fraction of sp³-hybridized carbons (Fsp3) is 0.167. The summed E-state index contributed by atoms with van der Waals surface area (Å²) >= 11 is 2.14. The SMILES string of the molecule is C#CCOc1c(I)cc(/C=N/Nc2ccc([N+](=O)[O-])cc2)cc1OCC. The van der Waals surface area contributed by atoms with Crippen LogP contribution < -0.4 is 14.9 Å². The van der Waals surface area contributed by atoms with Crippen molar-refractivity contribution >= 4 is 40.2 Å². The lowest BCUT2D eigenvalue weighted by atomic mass is 10.2. The number of nitrogens with zero attached hydrogens (tertiary/aromatic N) is 2. The van der Waals surface area contributed by atoms with Crippen molar-refractivity contribution in [1.29, 1.82) is 0 Å². The third-order valence-corrected chi connectivity index (χ3v) is 3.92. The van der Waals surface area contributed by atoms with Gasteiger partial charge in [-0.05, 0) is 59.3 Å². The van der Waals surface area contributed by atoms with Crippen molar-refractivity contribution in [3.8, 4) is 23.8 Å². The summed E-state index contributed by atoms with van der Waals surface area (Å²) in [5.41, 5.74) is 4.30. The lowest BCUT2D eigenvalue weighted by Gasteiger charge is -2.13. The van der Waals surface area contributed by atoms with Gasteiger partial charge < -0.3 is 9.47 Å². The smallest absolute Gasteiger partial charge is 0.269 e.